The highest BCUT2D eigenvalue weighted by molar-refractivity contribution is 5.90. The number of carbonyl (C=O) groups is 1. The van der Waals surface area contributed by atoms with Gasteiger partial charge in [-0.2, -0.15) is 0 Å². The van der Waals surface area contributed by atoms with Crippen molar-refractivity contribution in [2.75, 3.05) is 33.5 Å². The Morgan fingerprint density at radius 2 is 0.638 bits per heavy atom. The maximum atomic E-state index is 12.8. The summed E-state index contributed by atoms with van der Waals surface area (Å²) in [5.41, 5.74) is 2.17. The first kappa shape index (κ1) is 48.3. The van der Waals surface area contributed by atoms with Crippen molar-refractivity contribution in [1.82, 2.24) is 0 Å². The van der Waals surface area contributed by atoms with E-state index in [4.69, 9.17) is 33.2 Å². The highest BCUT2D eigenvalue weighted by atomic mass is 16.5. The smallest absolute Gasteiger partial charge is 0.338 e. The molecule has 0 saturated carbocycles. The Labute approximate surface area is 351 Å². The molecule has 324 valence electrons. The van der Waals surface area contributed by atoms with Crippen molar-refractivity contribution in [2.45, 2.75) is 169 Å². The van der Waals surface area contributed by atoms with Crippen molar-refractivity contribution in [3.63, 3.8) is 0 Å². The monoisotopic (exact) mass is 805 g/mol. The first-order valence-electron chi connectivity index (χ1n) is 22.8. The maximum absolute atomic E-state index is 12.8. The number of esters is 1. The molecule has 0 heterocycles. The topological polar surface area (TPSA) is 81.7 Å². The summed E-state index contributed by atoms with van der Waals surface area (Å²) in [6.07, 6.45) is 23.5. The average Bonchev–Trinajstić information content (AvgIpc) is 3.23. The molecule has 0 unspecified atom stereocenters. The van der Waals surface area contributed by atoms with Crippen LogP contribution in [-0.2, 0) is 18.0 Å². The summed E-state index contributed by atoms with van der Waals surface area (Å²) in [5, 5.41) is 0. The van der Waals surface area contributed by atoms with Crippen LogP contribution in [-0.4, -0.2) is 39.5 Å². The van der Waals surface area contributed by atoms with E-state index in [0.717, 1.165) is 85.5 Å². The van der Waals surface area contributed by atoms with Gasteiger partial charge in [-0.1, -0.05) is 130 Å². The first-order valence-corrected chi connectivity index (χ1v) is 22.8. The molecule has 0 amide bonds. The third-order valence-corrected chi connectivity index (χ3v) is 10.1. The summed E-state index contributed by atoms with van der Waals surface area (Å²) in [6, 6.07) is 17.1. The molecule has 0 aromatic heterocycles. The molecule has 58 heavy (non-hydrogen) atoms. The van der Waals surface area contributed by atoms with Gasteiger partial charge in [0, 0.05) is 18.2 Å². The van der Waals surface area contributed by atoms with Crippen molar-refractivity contribution in [1.29, 1.82) is 0 Å². The Hall–Kier alpha value is -4.07. The van der Waals surface area contributed by atoms with Crippen LogP contribution < -0.4 is 28.4 Å². The SMILES string of the molecule is CCCCCCCCOc1cc(COc2cc(OCc3cc(OCCCCCC)cc(OCCCCCC)c3)cc(C(=O)OC)c2)cc(OCCCCCCCC)c1. The quantitative estimate of drug-likeness (QED) is 0.0429. The van der Waals surface area contributed by atoms with Gasteiger partial charge >= 0.3 is 5.97 Å². The van der Waals surface area contributed by atoms with Crippen molar-refractivity contribution in [3.05, 3.63) is 71.3 Å². The Morgan fingerprint density at radius 1 is 0.362 bits per heavy atom. The van der Waals surface area contributed by atoms with Crippen molar-refractivity contribution in [3.8, 4) is 34.5 Å². The van der Waals surface area contributed by atoms with E-state index >= 15 is 0 Å². The van der Waals surface area contributed by atoms with Gasteiger partial charge in [0.05, 0.1) is 39.1 Å². The lowest BCUT2D eigenvalue weighted by atomic mass is 10.1. The van der Waals surface area contributed by atoms with E-state index in [2.05, 4.69) is 27.7 Å². The number of hydrogen-bond donors (Lipinski definition) is 0. The van der Waals surface area contributed by atoms with Gasteiger partial charge < -0.3 is 33.2 Å². The molecular weight excluding hydrogens is 729 g/mol. The summed E-state index contributed by atoms with van der Waals surface area (Å²) >= 11 is 0. The summed E-state index contributed by atoms with van der Waals surface area (Å²) in [4.78, 5) is 12.8. The number of benzene rings is 3. The lowest BCUT2D eigenvalue weighted by molar-refractivity contribution is 0.0599. The Morgan fingerprint density at radius 3 is 0.948 bits per heavy atom. The molecule has 0 bridgehead atoms. The molecule has 0 saturated heterocycles. The number of hydrogen-bond acceptors (Lipinski definition) is 8. The van der Waals surface area contributed by atoms with Crippen LogP contribution in [0.3, 0.4) is 0 Å². The van der Waals surface area contributed by atoms with E-state index in [1.54, 1.807) is 18.2 Å². The van der Waals surface area contributed by atoms with E-state index in [1.807, 2.05) is 36.4 Å². The van der Waals surface area contributed by atoms with Crippen LogP contribution in [0.2, 0.25) is 0 Å². The third-order valence-electron chi connectivity index (χ3n) is 10.1. The summed E-state index contributed by atoms with van der Waals surface area (Å²) in [7, 11) is 1.37. The second-order valence-corrected chi connectivity index (χ2v) is 15.4. The standard InChI is InChI=1S/C50H76O8/c1-6-10-14-18-20-24-28-55-46-32-42(33-47(37-46)56-29-25-21-19-15-11-7-2)40-58-49-35-43(50(51)52-5)34-48(38-49)57-39-41-30-44(53-26-22-16-12-8-3)36-45(31-41)54-27-23-17-13-9-4/h30-38H,6-29,39-40H2,1-5H3. The molecule has 3 aromatic rings. The van der Waals surface area contributed by atoms with Gasteiger partial charge in [-0.25, -0.2) is 4.79 Å². The van der Waals surface area contributed by atoms with Crippen molar-refractivity contribution < 1.29 is 38.0 Å². The predicted molar refractivity (Wildman–Crippen MR) is 236 cm³/mol. The molecule has 0 aliphatic heterocycles. The minimum absolute atomic E-state index is 0.251. The molecule has 3 rings (SSSR count). The van der Waals surface area contributed by atoms with Crippen molar-refractivity contribution in [2.24, 2.45) is 0 Å². The Balaban J connectivity index is 1.73. The summed E-state index contributed by atoms with van der Waals surface area (Å²) in [6.45, 7) is 12.0. The van der Waals surface area contributed by atoms with E-state index < -0.39 is 5.97 Å². The molecule has 0 atom stereocenters. The minimum atomic E-state index is -0.469. The number of ether oxygens (including phenoxy) is 7. The molecule has 8 heteroatoms. The molecule has 0 aliphatic carbocycles. The van der Waals surface area contributed by atoms with Crippen LogP contribution in [0.1, 0.15) is 178 Å². The number of carbonyl (C=O) groups excluding carboxylic acids is 1. The largest absolute Gasteiger partial charge is 0.493 e. The van der Waals surface area contributed by atoms with E-state index in [1.165, 1.54) is 84.2 Å². The molecule has 0 aliphatic rings. The minimum Gasteiger partial charge on any atom is -0.493 e. The summed E-state index contributed by atoms with van der Waals surface area (Å²) < 4.78 is 42.5. The van der Waals surface area contributed by atoms with Gasteiger partial charge in [0.25, 0.3) is 0 Å². The second-order valence-electron chi connectivity index (χ2n) is 15.4. The zero-order valence-electron chi connectivity index (χ0n) is 36.8. The van der Waals surface area contributed by atoms with E-state index in [-0.39, 0.29) is 13.2 Å². The zero-order valence-corrected chi connectivity index (χ0v) is 36.8. The van der Waals surface area contributed by atoms with Gasteiger partial charge in [0.2, 0.25) is 0 Å². The fourth-order valence-corrected chi connectivity index (χ4v) is 6.65. The van der Waals surface area contributed by atoms with Crippen LogP contribution in [0.15, 0.2) is 54.6 Å². The molecule has 0 fully saturated rings. The van der Waals surface area contributed by atoms with Gasteiger partial charge in [-0.05, 0) is 73.2 Å². The van der Waals surface area contributed by atoms with Crippen LogP contribution in [0.5, 0.6) is 34.5 Å². The number of rotatable bonds is 35. The molecular formula is C50H76O8. The van der Waals surface area contributed by atoms with Gasteiger partial charge in [0.15, 0.2) is 0 Å². The average molecular weight is 805 g/mol. The molecule has 8 nitrogen and oxygen atoms in total. The van der Waals surface area contributed by atoms with Gasteiger partial charge in [-0.3, -0.25) is 0 Å². The van der Waals surface area contributed by atoms with Gasteiger partial charge in [-0.15, -0.1) is 0 Å². The summed E-state index contributed by atoms with van der Waals surface area (Å²) in [5.74, 6) is 3.59. The Bertz CT molecular complexity index is 1450. The predicted octanol–water partition coefficient (Wildman–Crippen LogP) is 14.0. The molecule has 0 spiro atoms. The zero-order chi connectivity index (χ0) is 41.5. The fraction of sp³-hybridized carbons (Fsp3) is 0.620. The maximum Gasteiger partial charge on any atom is 0.338 e. The highest BCUT2D eigenvalue weighted by Crippen LogP contribution is 2.30. The van der Waals surface area contributed by atoms with Crippen LogP contribution in [0.25, 0.3) is 0 Å². The third kappa shape index (κ3) is 21.1. The highest BCUT2D eigenvalue weighted by Gasteiger charge is 2.13. The fourth-order valence-electron chi connectivity index (χ4n) is 6.65. The normalized spacial score (nSPS) is 11.0. The Kier molecular flexibility index (Phi) is 25.8. The van der Waals surface area contributed by atoms with Crippen LogP contribution in [0.4, 0.5) is 0 Å². The molecule has 0 N–H and O–H groups in total. The lowest BCUT2D eigenvalue weighted by Gasteiger charge is -2.15. The van der Waals surface area contributed by atoms with E-state index in [0.29, 0.717) is 43.5 Å². The number of methoxy groups -OCH3 is 1. The molecule has 0 radical (unpaired) electrons. The number of unbranched alkanes of at least 4 members (excludes halogenated alkanes) is 16. The van der Waals surface area contributed by atoms with Crippen LogP contribution in [0, 0.1) is 0 Å². The van der Waals surface area contributed by atoms with E-state index in [9.17, 15) is 4.79 Å². The molecule has 3 aromatic carbocycles. The lowest BCUT2D eigenvalue weighted by Crippen LogP contribution is -2.06. The van der Waals surface area contributed by atoms with Crippen LogP contribution >= 0.6 is 0 Å². The second kappa shape index (κ2) is 30.9. The first-order chi connectivity index (χ1) is 28.5. The van der Waals surface area contributed by atoms with Crippen molar-refractivity contribution >= 4 is 5.97 Å². The van der Waals surface area contributed by atoms with Gasteiger partial charge in [0.1, 0.15) is 47.7 Å².